The molecule has 1 N–H and O–H groups in total. The molecule has 0 saturated heterocycles. The van der Waals surface area contributed by atoms with Gasteiger partial charge < -0.3 is 0 Å². The number of nitro benzene ring substituents is 1. The second-order valence-electron chi connectivity index (χ2n) is 6.89. The van der Waals surface area contributed by atoms with Crippen molar-refractivity contribution in [3.63, 3.8) is 0 Å². The molecule has 156 valence electrons. The minimum atomic E-state index is -3.58. The molecule has 0 amide bonds. The van der Waals surface area contributed by atoms with E-state index in [1.165, 1.54) is 18.2 Å². The molecule has 0 aliphatic heterocycles. The molecule has 2 aromatic carbocycles. The standard InChI is InChI=1S/C20H20N4O4S2/c1-13(2)16-9-4-5-10-17(16)18-12-19(30(3,27)28)22-20(21-18)23-29-15-8-6-7-14(11-15)24(25)26/h4-13H,1-3H3,(H,21,22,23). The van der Waals surface area contributed by atoms with Crippen LogP contribution in [0, 0.1) is 10.1 Å². The maximum Gasteiger partial charge on any atom is 0.270 e. The lowest BCUT2D eigenvalue weighted by molar-refractivity contribution is -0.385. The Labute approximate surface area is 179 Å². The lowest BCUT2D eigenvalue weighted by Crippen LogP contribution is -2.06. The summed E-state index contributed by atoms with van der Waals surface area (Å²) in [7, 11) is -3.58. The third-order valence-corrected chi connectivity index (χ3v) is 5.97. The van der Waals surface area contributed by atoms with Crippen LogP contribution in [0.4, 0.5) is 11.6 Å². The molecule has 0 unspecified atom stereocenters. The van der Waals surface area contributed by atoms with Gasteiger partial charge in [-0.1, -0.05) is 44.2 Å². The summed E-state index contributed by atoms with van der Waals surface area (Å²) in [6.07, 6.45) is 1.09. The Kier molecular flexibility index (Phi) is 6.37. The first-order chi connectivity index (χ1) is 14.1. The van der Waals surface area contributed by atoms with Crippen LogP contribution in [0.3, 0.4) is 0 Å². The molecule has 3 rings (SSSR count). The Bertz CT molecular complexity index is 1200. The zero-order valence-electron chi connectivity index (χ0n) is 16.6. The number of anilines is 1. The second-order valence-corrected chi connectivity index (χ2v) is 9.73. The molecular formula is C20H20N4O4S2. The molecule has 10 heteroatoms. The Balaban J connectivity index is 2.01. The van der Waals surface area contributed by atoms with Crippen molar-refractivity contribution in [1.29, 1.82) is 0 Å². The first-order valence-corrected chi connectivity index (χ1v) is 11.7. The normalized spacial score (nSPS) is 11.5. The van der Waals surface area contributed by atoms with E-state index in [0.717, 1.165) is 29.3 Å². The van der Waals surface area contributed by atoms with Crippen molar-refractivity contribution in [3.05, 3.63) is 70.3 Å². The van der Waals surface area contributed by atoms with Gasteiger partial charge in [-0.05, 0) is 29.5 Å². The van der Waals surface area contributed by atoms with Gasteiger partial charge in [-0.15, -0.1) is 0 Å². The maximum absolute atomic E-state index is 12.2. The number of aromatic nitrogens is 2. The van der Waals surface area contributed by atoms with Crippen molar-refractivity contribution in [2.24, 2.45) is 0 Å². The summed E-state index contributed by atoms with van der Waals surface area (Å²) in [5.41, 5.74) is 2.30. The van der Waals surface area contributed by atoms with Gasteiger partial charge in [0.15, 0.2) is 14.9 Å². The van der Waals surface area contributed by atoms with Gasteiger partial charge in [0.25, 0.3) is 5.69 Å². The van der Waals surface area contributed by atoms with Crippen molar-refractivity contribution < 1.29 is 13.3 Å². The molecule has 0 atom stereocenters. The molecule has 1 heterocycles. The average molecular weight is 445 g/mol. The monoisotopic (exact) mass is 444 g/mol. The highest BCUT2D eigenvalue weighted by Gasteiger charge is 2.17. The maximum atomic E-state index is 12.2. The molecule has 0 spiro atoms. The van der Waals surface area contributed by atoms with E-state index in [-0.39, 0.29) is 22.6 Å². The summed E-state index contributed by atoms with van der Waals surface area (Å²) in [6, 6.07) is 15.2. The topological polar surface area (TPSA) is 115 Å². The number of nitrogens with zero attached hydrogens (tertiary/aromatic N) is 3. The van der Waals surface area contributed by atoms with Gasteiger partial charge >= 0.3 is 0 Å². The quantitative estimate of drug-likeness (QED) is 0.241. The van der Waals surface area contributed by atoms with Gasteiger partial charge in [-0.2, -0.15) is 0 Å². The van der Waals surface area contributed by atoms with Crippen LogP contribution in [0.1, 0.15) is 25.3 Å². The predicted octanol–water partition coefficient (Wildman–Crippen LogP) is 4.70. The third kappa shape index (κ3) is 5.14. The molecule has 0 aliphatic carbocycles. The zero-order chi connectivity index (χ0) is 21.9. The molecular weight excluding hydrogens is 424 g/mol. The van der Waals surface area contributed by atoms with Crippen molar-refractivity contribution in [2.45, 2.75) is 29.7 Å². The Hall–Kier alpha value is -2.98. The summed E-state index contributed by atoms with van der Waals surface area (Å²) < 4.78 is 27.3. The number of non-ortho nitro benzene ring substituents is 1. The lowest BCUT2D eigenvalue weighted by Gasteiger charge is -2.14. The van der Waals surface area contributed by atoms with Gasteiger partial charge in [0.1, 0.15) is 0 Å². The number of nitrogens with one attached hydrogen (secondary N) is 1. The van der Waals surface area contributed by atoms with E-state index in [4.69, 9.17) is 0 Å². The molecule has 0 saturated carbocycles. The number of sulfone groups is 1. The molecule has 0 radical (unpaired) electrons. The number of hydrogen-bond donors (Lipinski definition) is 1. The van der Waals surface area contributed by atoms with Crippen molar-refractivity contribution in [2.75, 3.05) is 11.0 Å². The van der Waals surface area contributed by atoms with E-state index in [1.807, 2.05) is 24.3 Å². The fraction of sp³-hybridized carbons (Fsp3) is 0.200. The molecule has 8 nitrogen and oxygen atoms in total. The van der Waals surface area contributed by atoms with Crippen LogP contribution in [0.25, 0.3) is 11.3 Å². The van der Waals surface area contributed by atoms with E-state index in [2.05, 4.69) is 28.5 Å². The van der Waals surface area contributed by atoms with Crippen LogP contribution in [-0.4, -0.2) is 29.6 Å². The van der Waals surface area contributed by atoms with Crippen LogP contribution in [0.2, 0.25) is 0 Å². The van der Waals surface area contributed by atoms with Gasteiger partial charge in [-0.3, -0.25) is 14.8 Å². The molecule has 3 aromatic rings. The molecule has 30 heavy (non-hydrogen) atoms. The number of nitro groups is 1. The highest BCUT2D eigenvalue weighted by Crippen LogP contribution is 2.30. The van der Waals surface area contributed by atoms with Gasteiger partial charge in [0.2, 0.25) is 5.95 Å². The average Bonchev–Trinajstić information content (AvgIpc) is 2.71. The Morgan fingerprint density at radius 1 is 1.07 bits per heavy atom. The van der Waals surface area contributed by atoms with E-state index in [0.29, 0.717) is 10.6 Å². The van der Waals surface area contributed by atoms with E-state index >= 15 is 0 Å². The van der Waals surface area contributed by atoms with E-state index in [1.54, 1.807) is 12.1 Å². The number of benzene rings is 2. The summed E-state index contributed by atoms with van der Waals surface area (Å²) in [4.78, 5) is 19.6. The molecule has 0 fully saturated rings. The van der Waals surface area contributed by atoms with E-state index in [9.17, 15) is 18.5 Å². The number of rotatable bonds is 7. The lowest BCUT2D eigenvalue weighted by atomic mass is 9.95. The molecule has 1 aromatic heterocycles. The van der Waals surface area contributed by atoms with Crippen LogP contribution in [0.5, 0.6) is 0 Å². The first kappa shape index (κ1) is 21.7. The van der Waals surface area contributed by atoms with Gasteiger partial charge in [-0.25, -0.2) is 18.4 Å². The van der Waals surface area contributed by atoms with Crippen LogP contribution in [-0.2, 0) is 9.84 Å². The predicted molar refractivity (Wildman–Crippen MR) is 117 cm³/mol. The summed E-state index contributed by atoms with van der Waals surface area (Å²) >= 11 is 1.06. The number of hydrogen-bond acceptors (Lipinski definition) is 8. The second kappa shape index (κ2) is 8.80. The molecule has 0 aliphatic rings. The van der Waals surface area contributed by atoms with Gasteiger partial charge in [0.05, 0.1) is 10.6 Å². The van der Waals surface area contributed by atoms with Crippen LogP contribution < -0.4 is 4.72 Å². The third-order valence-electron chi connectivity index (χ3n) is 4.23. The smallest absolute Gasteiger partial charge is 0.270 e. The van der Waals surface area contributed by atoms with E-state index < -0.39 is 14.8 Å². The minimum Gasteiger partial charge on any atom is -0.294 e. The SMILES string of the molecule is CC(C)c1ccccc1-c1cc(S(C)(=O)=O)nc(NSc2cccc([N+](=O)[O-])c2)n1. The Morgan fingerprint density at radius 3 is 2.47 bits per heavy atom. The minimum absolute atomic E-state index is 0.0424. The Morgan fingerprint density at radius 2 is 1.80 bits per heavy atom. The van der Waals surface area contributed by atoms with Crippen LogP contribution >= 0.6 is 11.9 Å². The van der Waals surface area contributed by atoms with Crippen LogP contribution in [0.15, 0.2) is 64.5 Å². The van der Waals surface area contributed by atoms with Crippen molar-refractivity contribution in [3.8, 4) is 11.3 Å². The van der Waals surface area contributed by atoms with Crippen molar-refractivity contribution in [1.82, 2.24) is 9.97 Å². The summed E-state index contributed by atoms with van der Waals surface area (Å²) in [6.45, 7) is 4.10. The highest BCUT2D eigenvalue weighted by atomic mass is 32.2. The highest BCUT2D eigenvalue weighted by molar-refractivity contribution is 8.00. The summed E-state index contributed by atoms with van der Waals surface area (Å²) in [5.74, 6) is 0.316. The molecule has 0 bridgehead atoms. The van der Waals surface area contributed by atoms with Crippen molar-refractivity contribution >= 4 is 33.4 Å². The summed E-state index contributed by atoms with van der Waals surface area (Å²) in [5, 5.41) is 10.9. The largest absolute Gasteiger partial charge is 0.294 e. The van der Waals surface area contributed by atoms with Gasteiger partial charge in [0, 0.05) is 34.9 Å². The fourth-order valence-corrected chi connectivity index (χ4v) is 4.00. The fourth-order valence-electron chi connectivity index (χ4n) is 2.80. The zero-order valence-corrected chi connectivity index (χ0v) is 18.2. The first-order valence-electron chi connectivity index (χ1n) is 9.01.